The first kappa shape index (κ1) is 14.9. The van der Waals surface area contributed by atoms with Crippen LogP contribution in [0.5, 0.6) is 5.75 Å². The average molecular weight is 283 g/mol. The number of rotatable bonds is 4. The minimum atomic E-state index is 0.270. The second-order valence-electron chi connectivity index (χ2n) is 5.04. The molecule has 0 aliphatic rings. The molecule has 0 unspecified atom stereocenters. The van der Waals surface area contributed by atoms with Gasteiger partial charge < -0.3 is 15.3 Å². The van der Waals surface area contributed by atoms with Crippen molar-refractivity contribution in [3.8, 4) is 5.75 Å². The van der Waals surface area contributed by atoms with Crippen LogP contribution in [0.4, 0.5) is 0 Å². The first-order valence-electron chi connectivity index (χ1n) is 6.92. The monoisotopic (exact) mass is 283 g/mol. The summed E-state index contributed by atoms with van der Waals surface area (Å²) < 4.78 is 0. The Balaban J connectivity index is 1.99. The smallest absolute Gasteiger partial charge is 0.194 e. The summed E-state index contributed by atoms with van der Waals surface area (Å²) in [5.41, 5.74) is 2.19. The summed E-state index contributed by atoms with van der Waals surface area (Å²) in [6.45, 7) is 1.27. The summed E-state index contributed by atoms with van der Waals surface area (Å²) >= 11 is 0. The van der Waals surface area contributed by atoms with E-state index in [2.05, 4.69) is 22.4 Å². The summed E-state index contributed by atoms with van der Waals surface area (Å²) in [7, 11) is 3.92. The number of hydrogen-bond donors (Lipinski definition) is 2. The van der Waals surface area contributed by atoms with Crippen LogP contribution in [0.2, 0.25) is 0 Å². The van der Waals surface area contributed by atoms with Crippen LogP contribution in [-0.4, -0.2) is 30.1 Å². The van der Waals surface area contributed by atoms with Gasteiger partial charge in [0.25, 0.3) is 0 Å². The van der Waals surface area contributed by atoms with Crippen molar-refractivity contribution in [1.82, 2.24) is 10.2 Å². The van der Waals surface area contributed by atoms with Gasteiger partial charge in [0, 0.05) is 20.6 Å². The molecule has 0 saturated heterocycles. The van der Waals surface area contributed by atoms with Gasteiger partial charge >= 0.3 is 0 Å². The molecule has 0 aliphatic heterocycles. The number of nitrogens with zero attached hydrogens (tertiary/aromatic N) is 2. The maximum atomic E-state index is 9.47. The zero-order chi connectivity index (χ0) is 15.1. The molecule has 21 heavy (non-hydrogen) atoms. The molecule has 2 N–H and O–H groups in total. The fourth-order valence-corrected chi connectivity index (χ4v) is 1.95. The quantitative estimate of drug-likeness (QED) is 0.670. The molecular formula is C17H21N3O. The van der Waals surface area contributed by atoms with E-state index in [0.717, 1.165) is 18.1 Å². The summed E-state index contributed by atoms with van der Waals surface area (Å²) in [4.78, 5) is 6.52. The van der Waals surface area contributed by atoms with Gasteiger partial charge in [-0.3, -0.25) is 0 Å². The molecule has 0 heterocycles. The third-order valence-electron chi connectivity index (χ3n) is 3.04. The molecule has 2 aromatic carbocycles. The van der Waals surface area contributed by atoms with Gasteiger partial charge in [0.1, 0.15) is 5.75 Å². The lowest BCUT2D eigenvalue weighted by atomic mass is 10.2. The summed E-state index contributed by atoms with van der Waals surface area (Å²) in [5.74, 6) is 1.09. The Labute approximate surface area is 125 Å². The van der Waals surface area contributed by atoms with Gasteiger partial charge in [0.2, 0.25) is 0 Å². The lowest BCUT2D eigenvalue weighted by Crippen LogP contribution is -2.36. The summed E-state index contributed by atoms with van der Waals surface area (Å²) in [6.07, 6.45) is 0. The molecule has 4 heteroatoms. The molecule has 0 aliphatic carbocycles. The van der Waals surface area contributed by atoms with Crippen LogP contribution in [0, 0.1) is 0 Å². The van der Waals surface area contributed by atoms with E-state index < -0.39 is 0 Å². The summed E-state index contributed by atoms with van der Waals surface area (Å²) in [5, 5.41) is 12.8. The normalized spacial score (nSPS) is 11.2. The van der Waals surface area contributed by atoms with E-state index in [4.69, 9.17) is 0 Å². The molecule has 2 rings (SSSR count). The molecule has 0 saturated carbocycles. The van der Waals surface area contributed by atoms with Crippen LogP contribution in [0.3, 0.4) is 0 Å². The number of benzene rings is 2. The first-order valence-corrected chi connectivity index (χ1v) is 6.92. The fraction of sp³-hybridized carbons (Fsp3) is 0.235. The zero-order valence-electron chi connectivity index (χ0n) is 12.5. The molecule has 2 aromatic rings. The van der Waals surface area contributed by atoms with Crippen molar-refractivity contribution in [2.45, 2.75) is 13.1 Å². The number of hydrogen-bond acceptors (Lipinski definition) is 2. The Kier molecular flexibility index (Phi) is 5.21. The van der Waals surface area contributed by atoms with Crippen LogP contribution in [0.1, 0.15) is 11.1 Å². The lowest BCUT2D eigenvalue weighted by molar-refractivity contribution is 0.474. The fourth-order valence-electron chi connectivity index (χ4n) is 1.95. The minimum absolute atomic E-state index is 0.270. The number of phenols is 1. The second kappa shape index (κ2) is 7.33. The number of phenolic OH excluding ortho intramolecular Hbond substituents is 1. The van der Waals surface area contributed by atoms with E-state index in [0.29, 0.717) is 6.54 Å². The largest absolute Gasteiger partial charge is 0.508 e. The van der Waals surface area contributed by atoms with Crippen molar-refractivity contribution >= 4 is 5.96 Å². The van der Waals surface area contributed by atoms with Gasteiger partial charge in [-0.1, -0.05) is 42.5 Å². The van der Waals surface area contributed by atoms with Crippen molar-refractivity contribution in [3.05, 3.63) is 65.7 Å². The van der Waals surface area contributed by atoms with Crippen LogP contribution < -0.4 is 5.32 Å². The van der Waals surface area contributed by atoms with Gasteiger partial charge in [-0.25, -0.2) is 4.99 Å². The Morgan fingerprint density at radius 1 is 1.05 bits per heavy atom. The molecule has 4 nitrogen and oxygen atoms in total. The van der Waals surface area contributed by atoms with Crippen LogP contribution in [-0.2, 0) is 13.1 Å². The Bertz CT molecular complexity index is 594. The van der Waals surface area contributed by atoms with Gasteiger partial charge in [-0.05, 0) is 23.3 Å². The van der Waals surface area contributed by atoms with Crippen molar-refractivity contribution in [3.63, 3.8) is 0 Å². The highest BCUT2D eigenvalue weighted by atomic mass is 16.3. The van der Waals surface area contributed by atoms with E-state index in [1.165, 1.54) is 5.56 Å². The van der Waals surface area contributed by atoms with Crippen LogP contribution in [0.25, 0.3) is 0 Å². The predicted molar refractivity (Wildman–Crippen MR) is 86.2 cm³/mol. The van der Waals surface area contributed by atoms with Crippen molar-refractivity contribution in [2.24, 2.45) is 4.99 Å². The number of aromatic hydroxyl groups is 1. The van der Waals surface area contributed by atoms with Crippen molar-refractivity contribution in [2.75, 3.05) is 14.1 Å². The Hall–Kier alpha value is -2.49. The summed E-state index contributed by atoms with van der Waals surface area (Å²) in [6, 6.07) is 17.4. The predicted octanol–water partition coefficient (Wildman–Crippen LogP) is 2.60. The molecule has 0 bridgehead atoms. The number of nitrogens with one attached hydrogen (secondary N) is 1. The highest BCUT2D eigenvalue weighted by molar-refractivity contribution is 5.79. The first-order chi connectivity index (χ1) is 10.1. The van der Waals surface area contributed by atoms with Crippen LogP contribution in [0.15, 0.2) is 59.6 Å². The van der Waals surface area contributed by atoms with E-state index in [1.54, 1.807) is 12.1 Å². The van der Waals surface area contributed by atoms with E-state index in [9.17, 15) is 5.11 Å². The van der Waals surface area contributed by atoms with Gasteiger partial charge in [-0.2, -0.15) is 0 Å². The molecule has 0 spiro atoms. The topological polar surface area (TPSA) is 47.9 Å². The Morgan fingerprint density at radius 2 is 1.76 bits per heavy atom. The SMILES string of the molecule is CN(C)C(=NCc1cccc(O)c1)NCc1ccccc1. The van der Waals surface area contributed by atoms with Crippen molar-refractivity contribution in [1.29, 1.82) is 0 Å². The molecular weight excluding hydrogens is 262 g/mol. The molecule has 0 fully saturated rings. The third kappa shape index (κ3) is 4.84. The zero-order valence-corrected chi connectivity index (χ0v) is 12.5. The molecule has 0 aromatic heterocycles. The third-order valence-corrected chi connectivity index (χ3v) is 3.04. The highest BCUT2D eigenvalue weighted by Gasteiger charge is 2.02. The second-order valence-corrected chi connectivity index (χ2v) is 5.04. The maximum Gasteiger partial charge on any atom is 0.194 e. The van der Waals surface area contributed by atoms with Gasteiger partial charge in [0.15, 0.2) is 5.96 Å². The standard InChI is InChI=1S/C17H21N3O/c1-20(2)17(18-12-14-7-4-3-5-8-14)19-13-15-9-6-10-16(21)11-15/h3-11,21H,12-13H2,1-2H3,(H,18,19). The van der Waals surface area contributed by atoms with E-state index in [1.807, 2.05) is 49.3 Å². The van der Waals surface area contributed by atoms with E-state index >= 15 is 0 Å². The Morgan fingerprint density at radius 3 is 2.43 bits per heavy atom. The molecule has 0 amide bonds. The van der Waals surface area contributed by atoms with Gasteiger partial charge in [0.05, 0.1) is 6.54 Å². The number of guanidine groups is 1. The highest BCUT2D eigenvalue weighted by Crippen LogP contribution is 2.11. The molecule has 0 atom stereocenters. The van der Waals surface area contributed by atoms with Crippen molar-refractivity contribution < 1.29 is 5.11 Å². The van der Waals surface area contributed by atoms with E-state index in [-0.39, 0.29) is 5.75 Å². The molecule has 0 radical (unpaired) electrons. The average Bonchev–Trinajstić information content (AvgIpc) is 2.48. The lowest BCUT2D eigenvalue weighted by Gasteiger charge is -2.17. The van der Waals surface area contributed by atoms with Gasteiger partial charge in [-0.15, -0.1) is 0 Å². The maximum absolute atomic E-state index is 9.47. The molecule has 110 valence electrons. The number of aliphatic imine (C=N–C) groups is 1. The minimum Gasteiger partial charge on any atom is -0.508 e. The van der Waals surface area contributed by atoms with Crippen LogP contribution >= 0.6 is 0 Å².